The van der Waals surface area contributed by atoms with Gasteiger partial charge in [-0.25, -0.2) is 0 Å². The minimum absolute atomic E-state index is 0.0537. The summed E-state index contributed by atoms with van der Waals surface area (Å²) in [5.74, 6) is 0.744. The Hall–Kier alpha value is -1.51. The van der Waals surface area contributed by atoms with E-state index in [0.717, 1.165) is 25.0 Å². The lowest BCUT2D eigenvalue weighted by Crippen LogP contribution is -2.50. The highest BCUT2D eigenvalue weighted by Gasteiger charge is 2.29. The molecule has 1 atom stereocenters. The molecule has 1 aromatic carbocycles. The Labute approximate surface area is 147 Å². The van der Waals surface area contributed by atoms with Gasteiger partial charge in [0.15, 0.2) is 6.10 Å². The SMILES string of the molecule is C[C@H](Oc1ccc2c(c1)CCCC2)C(=O)NC(C)(C)CC(C)(C)C. The van der Waals surface area contributed by atoms with Crippen LogP contribution in [0.3, 0.4) is 0 Å². The monoisotopic (exact) mass is 331 g/mol. The molecule has 0 saturated carbocycles. The fraction of sp³-hybridized carbons (Fsp3) is 0.667. The van der Waals surface area contributed by atoms with E-state index in [4.69, 9.17) is 4.74 Å². The number of nitrogens with one attached hydrogen (secondary N) is 1. The topological polar surface area (TPSA) is 38.3 Å². The number of rotatable bonds is 5. The third-order valence-electron chi connectivity index (χ3n) is 4.44. The van der Waals surface area contributed by atoms with Crippen molar-refractivity contribution in [2.45, 2.75) is 85.3 Å². The second-order valence-electron chi connectivity index (χ2n) is 9.01. The molecule has 1 aromatic rings. The Morgan fingerprint density at radius 2 is 1.75 bits per heavy atom. The van der Waals surface area contributed by atoms with Gasteiger partial charge in [-0.1, -0.05) is 26.8 Å². The molecule has 1 aliphatic carbocycles. The van der Waals surface area contributed by atoms with Gasteiger partial charge in [-0.05, 0) is 81.5 Å². The van der Waals surface area contributed by atoms with Crippen LogP contribution in [0.5, 0.6) is 5.75 Å². The van der Waals surface area contributed by atoms with Gasteiger partial charge in [-0.2, -0.15) is 0 Å². The molecule has 2 rings (SSSR count). The Kier molecular flexibility index (Phi) is 5.62. The van der Waals surface area contributed by atoms with Crippen molar-refractivity contribution < 1.29 is 9.53 Å². The van der Waals surface area contributed by atoms with Crippen molar-refractivity contribution >= 4 is 5.91 Å². The summed E-state index contributed by atoms with van der Waals surface area (Å²) in [4.78, 5) is 12.5. The van der Waals surface area contributed by atoms with Crippen LogP contribution < -0.4 is 10.1 Å². The van der Waals surface area contributed by atoms with Crippen LogP contribution in [0, 0.1) is 5.41 Å². The summed E-state index contributed by atoms with van der Waals surface area (Å²) < 4.78 is 5.91. The van der Waals surface area contributed by atoms with Gasteiger partial charge in [0.05, 0.1) is 0 Å². The molecule has 1 aliphatic rings. The van der Waals surface area contributed by atoms with E-state index in [2.05, 4.69) is 52.1 Å². The summed E-state index contributed by atoms with van der Waals surface area (Å²) in [5, 5.41) is 3.13. The van der Waals surface area contributed by atoms with Crippen LogP contribution in [0.15, 0.2) is 18.2 Å². The maximum atomic E-state index is 12.5. The van der Waals surface area contributed by atoms with Crippen molar-refractivity contribution in [3.05, 3.63) is 29.3 Å². The van der Waals surface area contributed by atoms with Gasteiger partial charge in [0.1, 0.15) is 5.75 Å². The van der Waals surface area contributed by atoms with Crippen LogP contribution in [0.4, 0.5) is 0 Å². The van der Waals surface area contributed by atoms with E-state index < -0.39 is 6.10 Å². The minimum Gasteiger partial charge on any atom is -0.481 e. The molecule has 0 aliphatic heterocycles. The summed E-state index contributed by atoms with van der Waals surface area (Å²) in [6.07, 6.45) is 5.21. The number of hydrogen-bond acceptors (Lipinski definition) is 2. The molecule has 1 N–H and O–H groups in total. The van der Waals surface area contributed by atoms with Crippen molar-refractivity contribution in [3.8, 4) is 5.75 Å². The standard InChI is InChI=1S/C21H33NO2/c1-15(19(23)22-21(5,6)14-20(2,3)4)24-18-12-11-16-9-7-8-10-17(16)13-18/h11-13,15H,7-10,14H2,1-6H3,(H,22,23)/t15-/m0/s1. The van der Waals surface area contributed by atoms with Gasteiger partial charge in [-0.15, -0.1) is 0 Å². The van der Waals surface area contributed by atoms with Gasteiger partial charge in [-0.3, -0.25) is 4.79 Å². The van der Waals surface area contributed by atoms with Crippen LogP contribution >= 0.6 is 0 Å². The molecule has 24 heavy (non-hydrogen) atoms. The Balaban J connectivity index is 1.96. The van der Waals surface area contributed by atoms with Crippen molar-refractivity contribution in [1.82, 2.24) is 5.32 Å². The molecule has 0 radical (unpaired) electrons. The van der Waals surface area contributed by atoms with Crippen molar-refractivity contribution in [2.24, 2.45) is 5.41 Å². The first kappa shape index (κ1) is 18.8. The third kappa shape index (κ3) is 5.54. The molecule has 0 spiro atoms. The highest BCUT2D eigenvalue weighted by Crippen LogP contribution is 2.28. The van der Waals surface area contributed by atoms with Crippen molar-refractivity contribution in [2.75, 3.05) is 0 Å². The summed E-state index contributed by atoms with van der Waals surface area (Å²) in [5.41, 5.74) is 2.72. The highest BCUT2D eigenvalue weighted by atomic mass is 16.5. The number of carbonyl (C=O) groups excluding carboxylic acids is 1. The molecule has 0 aromatic heterocycles. The van der Waals surface area contributed by atoms with Gasteiger partial charge in [0.2, 0.25) is 0 Å². The Bertz CT molecular complexity index is 584. The Morgan fingerprint density at radius 1 is 1.12 bits per heavy atom. The normalized spacial score (nSPS) is 16.2. The number of hydrogen-bond donors (Lipinski definition) is 1. The molecule has 0 bridgehead atoms. The lowest BCUT2D eigenvalue weighted by molar-refractivity contribution is -0.129. The minimum atomic E-state index is -0.495. The molecule has 0 fully saturated rings. The molecule has 134 valence electrons. The number of fused-ring (bicyclic) bond motifs is 1. The van der Waals surface area contributed by atoms with E-state index in [0.29, 0.717) is 0 Å². The fourth-order valence-corrected chi connectivity index (χ4v) is 3.85. The summed E-state index contributed by atoms with van der Waals surface area (Å²) >= 11 is 0. The zero-order valence-corrected chi connectivity index (χ0v) is 16.2. The first-order valence-corrected chi connectivity index (χ1v) is 9.16. The second kappa shape index (κ2) is 7.16. The van der Waals surface area contributed by atoms with Crippen LogP contribution in [0.2, 0.25) is 0 Å². The molecule has 1 amide bonds. The molecule has 0 unspecified atom stereocenters. The summed E-state index contributed by atoms with van der Waals surface area (Å²) in [7, 11) is 0. The predicted octanol–water partition coefficient (Wildman–Crippen LogP) is 4.66. The number of amides is 1. The van der Waals surface area contributed by atoms with Crippen molar-refractivity contribution in [3.63, 3.8) is 0 Å². The summed E-state index contributed by atoms with van der Waals surface area (Å²) in [6.45, 7) is 12.5. The van der Waals surface area contributed by atoms with Gasteiger partial charge in [0, 0.05) is 5.54 Å². The Morgan fingerprint density at radius 3 is 2.38 bits per heavy atom. The van der Waals surface area contributed by atoms with E-state index in [1.54, 1.807) is 0 Å². The molecule has 3 heteroatoms. The maximum Gasteiger partial charge on any atom is 0.261 e. The molecular weight excluding hydrogens is 298 g/mol. The van der Waals surface area contributed by atoms with E-state index in [-0.39, 0.29) is 16.9 Å². The van der Waals surface area contributed by atoms with Gasteiger partial charge < -0.3 is 10.1 Å². The molecule has 0 saturated heterocycles. The second-order valence-corrected chi connectivity index (χ2v) is 9.01. The van der Waals surface area contributed by atoms with Crippen LogP contribution in [0.1, 0.15) is 71.9 Å². The zero-order chi connectivity index (χ0) is 18.0. The first-order chi connectivity index (χ1) is 11.1. The van der Waals surface area contributed by atoms with E-state index in [1.807, 2.05) is 13.0 Å². The smallest absolute Gasteiger partial charge is 0.261 e. The predicted molar refractivity (Wildman–Crippen MR) is 99.5 cm³/mol. The average molecular weight is 332 g/mol. The lowest BCUT2D eigenvalue weighted by Gasteiger charge is -2.34. The molecular formula is C21H33NO2. The summed E-state index contributed by atoms with van der Waals surface area (Å²) in [6, 6.07) is 6.25. The first-order valence-electron chi connectivity index (χ1n) is 9.16. The maximum absolute atomic E-state index is 12.5. The molecule has 0 heterocycles. The number of ether oxygens (including phenoxy) is 1. The van der Waals surface area contributed by atoms with Crippen LogP contribution in [0.25, 0.3) is 0 Å². The quantitative estimate of drug-likeness (QED) is 0.852. The largest absolute Gasteiger partial charge is 0.481 e. The van der Waals surface area contributed by atoms with Crippen LogP contribution in [-0.4, -0.2) is 17.6 Å². The number of carbonyl (C=O) groups is 1. The van der Waals surface area contributed by atoms with E-state index in [9.17, 15) is 4.79 Å². The zero-order valence-electron chi connectivity index (χ0n) is 16.2. The highest BCUT2D eigenvalue weighted by molar-refractivity contribution is 5.81. The van der Waals surface area contributed by atoms with Gasteiger partial charge >= 0.3 is 0 Å². The van der Waals surface area contributed by atoms with E-state index >= 15 is 0 Å². The van der Waals surface area contributed by atoms with E-state index in [1.165, 1.54) is 24.0 Å². The number of aryl methyl sites for hydroxylation is 2. The molecule has 3 nitrogen and oxygen atoms in total. The third-order valence-corrected chi connectivity index (χ3v) is 4.44. The average Bonchev–Trinajstić information content (AvgIpc) is 2.43. The lowest BCUT2D eigenvalue weighted by atomic mass is 9.81. The van der Waals surface area contributed by atoms with Gasteiger partial charge in [0.25, 0.3) is 5.91 Å². The van der Waals surface area contributed by atoms with Crippen LogP contribution in [-0.2, 0) is 17.6 Å². The number of benzene rings is 1. The fourth-order valence-electron chi connectivity index (χ4n) is 3.85. The van der Waals surface area contributed by atoms with Crippen molar-refractivity contribution in [1.29, 1.82) is 0 Å².